The van der Waals surface area contributed by atoms with Crippen LogP contribution in [0.15, 0.2) is 60.7 Å². The number of fused-ring (bicyclic) bond motifs is 5. The van der Waals surface area contributed by atoms with E-state index in [1.165, 1.54) is 24.4 Å². The number of aromatic nitrogens is 2. The number of likely N-dealkylation sites (N-methyl/N-ethyl adjacent to an activating group) is 1. The van der Waals surface area contributed by atoms with Crippen molar-refractivity contribution in [1.29, 1.82) is 5.26 Å². The molecule has 0 saturated heterocycles. The summed E-state index contributed by atoms with van der Waals surface area (Å²) in [5.74, 6) is -2.08. The van der Waals surface area contributed by atoms with Crippen LogP contribution in [0.2, 0.25) is 0 Å². The Bertz CT molecular complexity index is 2480. The number of carbonyl (C=O) groups excluding carboxylic acids is 5. The predicted octanol–water partition coefficient (Wildman–Crippen LogP) is 1.99. The van der Waals surface area contributed by atoms with Gasteiger partial charge in [0.2, 0.25) is 23.6 Å². The summed E-state index contributed by atoms with van der Waals surface area (Å²) in [6.07, 6.45) is 2.31. The third kappa shape index (κ3) is 11.1. The molecule has 5 amide bonds. The van der Waals surface area contributed by atoms with Gasteiger partial charge < -0.3 is 52.8 Å². The SMILES string of the molecule is Cc1nc(-c2ccc(C3(C)CC3)cc2)nc(C)c1C(=O)NC(CCN)C(=O)N(C)C1C(=O)NC(C)C(=O)NC(C(=O)NCC#N)Cc2ccc(OCCN)c(c2)-c2cc1ccc2OCCN. The van der Waals surface area contributed by atoms with E-state index in [-0.39, 0.29) is 63.2 Å². The Labute approximate surface area is 384 Å². The summed E-state index contributed by atoms with van der Waals surface area (Å²) in [4.78, 5) is 81.1. The molecule has 1 fully saturated rings. The summed E-state index contributed by atoms with van der Waals surface area (Å²) >= 11 is 0. The number of aryl methyl sites for hydroxylation is 2. The van der Waals surface area contributed by atoms with E-state index in [1.807, 2.05) is 18.2 Å². The zero-order chi connectivity index (χ0) is 47.7. The molecule has 4 atom stereocenters. The molecular weight excluding hydrogens is 843 g/mol. The maximum absolute atomic E-state index is 14.7. The van der Waals surface area contributed by atoms with E-state index >= 15 is 0 Å². The molecular formula is C48H59N11O7. The molecule has 66 heavy (non-hydrogen) atoms. The Balaban J connectivity index is 1.38. The number of benzene rings is 3. The molecule has 0 spiro atoms. The van der Waals surface area contributed by atoms with Gasteiger partial charge in [-0.3, -0.25) is 24.0 Å². The van der Waals surface area contributed by atoms with Crippen molar-refractivity contribution < 1.29 is 33.4 Å². The molecule has 4 unspecified atom stereocenters. The fourth-order valence-electron chi connectivity index (χ4n) is 8.03. The number of hydrogen-bond donors (Lipinski definition) is 7. The van der Waals surface area contributed by atoms with Gasteiger partial charge in [-0.25, -0.2) is 9.97 Å². The van der Waals surface area contributed by atoms with Crippen LogP contribution in [0.3, 0.4) is 0 Å². The molecule has 1 aromatic heterocycles. The number of carbonyl (C=O) groups is 5. The Morgan fingerprint density at radius 3 is 2.11 bits per heavy atom. The first-order chi connectivity index (χ1) is 31.6. The van der Waals surface area contributed by atoms with Crippen LogP contribution < -0.4 is 47.9 Å². The van der Waals surface area contributed by atoms with Gasteiger partial charge in [0.15, 0.2) is 5.82 Å². The number of nitrogens with zero attached hydrogens (tertiary/aromatic N) is 4. The van der Waals surface area contributed by atoms with Crippen molar-refractivity contribution in [2.45, 2.75) is 83.0 Å². The van der Waals surface area contributed by atoms with Gasteiger partial charge in [-0.1, -0.05) is 43.3 Å². The average Bonchev–Trinajstić information content (AvgIpc) is 4.06. The van der Waals surface area contributed by atoms with Gasteiger partial charge in [0.05, 0.1) is 23.0 Å². The zero-order valence-electron chi connectivity index (χ0n) is 38.0. The van der Waals surface area contributed by atoms with Crippen LogP contribution in [0.5, 0.6) is 11.5 Å². The minimum Gasteiger partial charge on any atom is -0.492 e. The topological polar surface area (TPSA) is 283 Å². The van der Waals surface area contributed by atoms with Gasteiger partial charge in [-0.05, 0) is 92.9 Å². The van der Waals surface area contributed by atoms with E-state index < -0.39 is 53.7 Å². The number of amides is 5. The lowest BCUT2D eigenvalue weighted by atomic mass is 9.93. The fourth-order valence-corrected chi connectivity index (χ4v) is 8.03. The number of ether oxygens (including phenoxy) is 2. The van der Waals surface area contributed by atoms with Crippen LogP contribution in [0.1, 0.15) is 77.6 Å². The quantitative estimate of drug-likeness (QED) is 0.0794. The number of rotatable bonds is 16. The van der Waals surface area contributed by atoms with Crippen molar-refractivity contribution >= 4 is 29.5 Å². The molecule has 1 saturated carbocycles. The van der Waals surface area contributed by atoms with E-state index in [1.54, 1.807) is 50.2 Å². The van der Waals surface area contributed by atoms with E-state index in [2.05, 4.69) is 50.3 Å². The highest BCUT2D eigenvalue weighted by Gasteiger charge is 2.39. The van der Waals surface area contributed by atoms with E-state index in [9.17, 15) is 29.2 Å². The highest BCUT2D eigenvalue weighted by Crippen LogP contribution is 2.47. The van der Waals surface area contributed by atoms with Gasteiger partial charge in [0.25, 0.3) is 5.91 Å². The molecule has 348 valence electrons. The molecule has 6 rings (SSSR count). The lowest BCUT2D eigenvalue weighted by molar-refractivity contribution is -0.141. The summed E-state index contributed by atoms with van der Waals surface area (Å²) in [6.45, 7) is 7.47. The average molecular weight is 902 g/mol. The normalized spacial score (nSPS) is 18.0. The van der Waals surface area contributed by atoms with Gasteiger partial charge in [-0.2, -0.15) is 5.26 Å². The number of nitrogens with one attached hydrogen (secondary N) is 4. The second kappa shape index (κ2) is 21.4. The molecule has 10 N–H and O–H groups in total. The highest BCUT2D eigenvalue weighted by molar-refractivity contribution is 6.00. The number of nitrogens with two attached hydrogens (primary N) is 3. The first-order valence-corrected chi connectivity index (χ1v) is 22.0. The van der Waals surface area contributed by atoms with Crippen LogP contribution in [0.25, 0.3) is 22.5 Å². The third-order valence-electron chi connectivity index (χ3n) is 12.0. The molecule has 4 aromatic rings. The molecule has 3 aromatic carbocycles. The van der Waals surface area contributed by atoms with Crippen LogP contribution in [-0.2, 0) is 31.0 Å². The minimum atomic E-state index is -1.40. The van der Waals surface area contributed by atoms with Crippen LogP contribution in [-0.4, -0.2) is 109 Å². The summed E-state index contributed by atoms with van der Waals surface area (Å²) in [7, 11) is 1.42. The van der Waals surface area contributed by atoms with E-state index in [4.69, 9.17) is 26.7 Å². The van der Waals surface area contributed by atoms with Crippen molar-refractivity contribution in [3.63, 3.8) is 0 Å². The van der Waals surface area contributed by atoms with E-state index in [0.717, 1.165) is 18.4 Å². The maximum atomic E-state index is 14.7. The highest BCUT2D eigenvalue weighted by atomic mass is 16.5. The lowest BCUT2D eigenvalue weighted by Gasteiger charge is -2.32. The van der Waals surface area contributed by atoms with Gasteiger partial charge in [0, 0.05) is 43.2 Å². The fraction of sp³-hybridized carbons (Fsp3) is 0.417. The zero-order valence-corrected chi connectivity index (χ0v) is 38.0. The first-order valence-electron chi connectivity index (χ1n) is 22.0. The summed E-state index contributed by atoms with van der Waals surface area (Å²) in [5, 5.41) is 19.9. The second-order valence-corrected chi connectivity index (χ2v) is 16.9. The van der Waals surface area contributed by atoms with Crippen LogP contribution in [0.4, 0.5) is 0 Å². The molecule has 18 heteroatoms. The Morgan fingerprint density at radius 1 is 0.894 bits per heavy atom. The molecule has 2 heterocycles. The largest absolute Gasteiger partial charge is 0.492 e. The maximum Gasteiger partial charge on any atom is 0.255 e. The van der Waals surface area contributed by atoms with E-state index in [0.29, 0.717) is 51.0 Å². The number of nitriles is 1. The smallest absolute Gasteiger partial charge is 0.255 e. The van der Waals surface area contributed by atoms with Crippen molar-refractivity contribution in [3.8, 4) is 40.1 Å². The predicted molar refractivity (Wildman–Crippen MR) is 247 cm³/mol. The molecule has 4 bridgehead atoms. The number of hydrogen-bond acceptors (Lipinski definition) is 13. The van der Waals surface area contributed by atoms with Crippen LogP contribution >= 0.6 is 0 Å². The first kappa shape index (κ1) is 48.5. The van der Waals surface area contributed by atoms with Crippen molar-refractivity contribution in [2.75, 3.05) is 46.4 Å². The summed E-state index contributed by atoms with van der Waals surface area (Å²) in [6, 6.07) is 15.2. The second-order valence-electron chi connectivity index (χ2n) is 16.9. The van der Waals surface area contributed by atoms with Gasteiger partial charge in [0.1, 0.15) is 55.4 Å². The molecule has 18 nitrogen and oxygen atoms in total. The lowest BCUT2D eigenvalue weighted by Crippen LogP contribution is -2.56. The molecule has 2 aliphatic rings. The van der Waals surface area contributed by atoms with Crippen molar-refractivity contribution in [2.24, 2.45) is 17.2 Å². The Morgan fingerprint density at radius 2 is 1.52 bits per heavy atom. The standard InChI is InChI=1S/C48H59N11O7/c1-27-40(28(2)55-42(54-27)31-7-10-33(11-8-31)48(4)15-16-48)45(62)57-36(14-17-49)47(64)59(5)41-32-9-13-39(66-23-20-52)35(26-32)34-24-30(6-12-38(34)65-22-19-51)25-37(44(61)53-21-18-50)58-43(60)29(3)56-46(41)63/h6-13,24,26,29,36-37,41H,14-17,19-23,25,49,51-52H2,1-5H3,(H,53,61)(H,56,63)(H,57,62)(H,58,60). The molecule has 1 aliphatic carbocycles. The van der Waals surface area contributed by atoms with Gasteiger partial charge >= 0.3 is 0 Å². The minimum absolute atomic E-state index is 0.00328. The van der Waals surface area contributed by atoms with Crippen LogP contribution in [0, 0.1) is 25.2 Å². The Hall–Kier alpha value is -6.94. The Kier molecular flexibility index (Phi) is 15.7. The third-order valence-corrected chi connectivity index (χ3v) is 12.0. The summed E-state index contributed by atoms with van der Waals surface area (Å²) in [5.41, 5.74) is 22.9. The molecule has 0 radical (unpaired) electrons. The van der Waals surface area contributed by atoms with Crippen molar-refractivity contribution in [1.82, 2.24) is 36.1 Å². The molecule has 1 aliphatic heterocycles. The monoisotopic (exact) mass is 901 g/mol. The summed E-state index contributed by atoms with van der Waals surface area (Å²) < 4.78 is 12.2. The van der Waals surface area contributed by atoms with Crippen molar-refractivity contribution in [3.05, 3.63) is 94.3 Å². The van der Waals surface area contributed by atoms with Gasteiger partial charge in [-0.15, -0.1) is 0 Å².